The molecule has 6 nitrogen and oxygen atoms in total. The molecule has 32 heavy (non-hydrogen) atoms. The molecule has 0 aliphatic heterocycles. The molecular formula is C22H25ClF3N3O3. The Balaban J connectivity index is 2.26. The molecular weight excluding hydrogens is 447 g/mol. The lowest BCUT2D eigenvalue weighted by atomic mass is 10.1. The number of hydrogen-bond donors (Lipinski definition) is 2. The van der Waals surface area contributed by atoms with Crippen molar-refractivity contribution in [3.05, 3.63) is 58.4 Å². The van der Waals surface area contributed by atoms with Gasteiger partial charge in [0.15, 0.2) is 11.6 Å². The first-order valence-electron chi connectivity index (χ1n) is 9.78. The quantitative estimate of drug-likeness (QED) is 0.429. The molecule has 0 saturated carbocycles. The van der Waals surface area contributed by atoms with Gasteiger partial charge in [0.25, 0.3) is 5.91 Å². The number of nitrogens with zero attached hydrogens (tertiary/aromatic N) is 1. The van der Waals surface area contributed by atoms with Crippen molar-refractivity contribution in [2.24, 2.45) is 5.92 Å². The fraction of sp³-hybridized carbons (Fsp3) is 0.364. The van der Waals surface area contributed by atoms with Crippen LogP contribution in [0.25, 0.3) is 0 Å². The standard InChI is InChI=1S/C22H25ClF3N3O3/c1-12(2)11-32-15-7-13(6-14(23)8-15)20(30)29(22(3,4)5)28-21(31)27-19-10-17(25)16(24)9-18(19)26/h6-10,12H,11H2,1-5H3,(H2,27,28,31). The Morgan fingerprint density at radius 3 is 2.25 bits per heavy atom. The summed E-state index contributed by atoms with van der Waals surface area (Å²) in [6, 6.07) is 4.25. The van der Waals surface area contributed by atoms with Gasteiger partial charge in [-0.3, -0.25) is 4.79 Å². The van der Waals surface area contributed by atoms with Gasteiger partial charge in [-0.1, -0.05) is 25.4 Å². The van der Waals surface area contributed by atoms with E-state index in [1.807, 2.05) is 13.8 Å². The Morgan fingerprint density at radius 1 is 1.03 bits per heavy atom. The van der Waals surface area contributed by atoms with Gasteiger partial charge < -0.3 is 10.1 Å². The van der Waals surface area contributed by atoms with Crippen molar-refractivity contribution in [3.8, 4) is 5.75 Å². The average Bonchev–Trinajstić information content (AvgIpc) is 2.67. The van der Waals surface area contributed by atoms with Crippen LogP contribution in [0.4, 0.5) is 23.7 Å². The molecule has 0 radical (unpaired) electrons. The number of ether oxygens (including phenoxy) is 1. The SMILES string of the molecule is CC(C)COc1cc(Cl)cc(C(=O)N(NC(=O)Nc2cc(F)c(F)cc2F)C(C)(C)C)c1. The third kappa shape index (κ3) is 6.78. The molecule has 3 amide bonds. The van der Waals surface area contributed by atoms with Gasteiger partial charge in [0.1, 0.15) is 11.6 Å². The van der Waals surface area contributed by atoms with Crippen molar-refractivity contribution in [3.63, 3.8) is 0 Å². The van der Waals surface area contributed by atoms with Crippen LogP contribution < -0.4 is 15.5 Å². The molecule has 0 aliphatic carbocycles. The molecule has 0 spiro atoms. The number of rotatable bonds is 5. The van der Waals surface area contributed by atoms with E-state index in [2.05, 4.69) is 10.7 Å². The maximum absolute atomic E-state index is 13.8. The zero-order valence-electron chi connectivity index (χ0n) is 18.4. The number of urea groups is 1. The van der Waals surface area contributed by atoms with Gasteiger partial charge in [-0.25, -0.2) is 28.4 Å². The number of halogens is 4. The summed E-state index contributed by atoms with van der Waals surface area (Å²) in [5, 5.41) is 3.34. The highest BCUT2D eigenvalue weighted by molar-refractivity contribution is 6.31. The lowest BCUT2D eigenvalue weighted by Crippen LogP contribution is -2.56. The maximum atomic E-state index is 13.8. The van der Waals surface area contributed by atoms with Gasteiger partial charge in [-0.2, -0.15) is 0 Å². The van der Waals surface area contributed by atoms with Crippen LogP contribution >= 0.6 is 11.6 Å². The van der Waals surface area contributed by atoms with Crippen LogP contribution in [0.5, 0.6) is 5.75 Å². The van der Waals surface area contributed by atoms with Gasteiger partial charge in [0, 0.05) is 22.7 Å². The molecule has 2 N–H and O–H groups in total. The molecule has 0 aliphatic rings. The Bertz CT molecular complexity index is 1010. The van der Waals surface area contributed by atoms with E-state index in [9.17, 15) is 22.8 Å². The smallest absolute Gasteiger partial charge is 0.338 e. The zero-order valence-corrected chi connectivity index (χ0v) is 19.1. The van der Waals surface area contributed by atoms with Crippen LogP contribution in [0.2, 0.25) is 5.02 Å². The summed E-state index contributed by atoms with van der Waals surface area (Å²) in [4.78, 5) is 25.6. The minimum absolute atomic E-state index is 0.144. The van der Waals surface area contributed by atoms with Gasteiger partial charge in [-0.05, 0) is 44.9 Å². The zero-order chi connectivity index (χ0) is 24.2. The predicted molar refractivity (Wildman–Crippen MR) is 116 cm³/mol. The van der Waals surface area contributed by atoms with Crippen molar-refractivity contribution < 1.29 is 27.5 Å². The summed E-state index contributed by atoms with van der Waals surface area (Å²) in [6.07, 6.45) is 0. The number of anilines is 1. The van der Waals surface area contributed by atoms with Gasteiger partial charge in [0.05, 0.1) is 17.8 Å². The number of amides is 3. The Labute approximate surface area is 189 Å². The van der Waals surface area contributed by atoms with Crippen molar-refractivity contribution in [1.82, 2.24) is 10.4 Å². The molecule has 0 atom stereocenters. The van der Waals surface area contributed by atoms with E-state index >= 15 is 0 Å². The van der Waals surface area contributed by atoms with E-state index in [0.717, 1.165) is 5.01 Å². The van der Waals surface area contributed by atoms with Gasteiger partial charge >= 0.3 is 6.03 Å². The lowest BCUT2D eigenvalue weighted by molar-refractivity contribution is 0.0460. The van der Waals surface area contributed by atoms with Crippen LogP contribution in [0.1, 0.15) is 45.0 Å². The molecule has 0 fully saturated rings. The second-order valence-electron chi connectivity index (χ2n) is 8.50. The van der Waals surface area contributed by atoms with Crippen molar-refractivity contribution in [2.75, 3.05) is 11.9 Å². The maximum Gasteiger partial charge on any atom is 0.338 e. The van der Waals surface area contributed by atoms with Crippen LogP contribution in [0.15, 0.2) is 30.3 Å². The third-order valence-electron chi connectivity index (χ3n) is 4.05. The summed E-state index contributed by atoms with van der Waals surface area (Å²) in [6.45, 7) is 9.32. The molecule has 2 rings (SSSR count). The summed E-state index contributed by atoms with van der Waals surface area (Å²) in [7, 11) is 0. The molecule has 174 valence electrons. The first-order chi connectivity index (χ1) is 14.8. The fourth-order valence-electron chi connectivity index (χ4n) is 2.55. The van der Waals surface area contributed by atoms with Gasteiger partial charge in [0.2, 0.25) is 0 Å². The van der Waals surface area contributed by atoms with Gasteiger partial charge in [-0.15, -0.1) is 0 Å². The second kappa shape index (κ2) is 10.1. The van der Waals surface area contributed by atoms with Crippen LogP contribution in [-0.2, 0) is 0 Å². The minimum Gasteiger partial charge on any atom is -0.493 e. The largest absolute Gasteiger partial charge is 0.493 e. The number of hydrogen-bond acceptors (Lipinski definition) is 3. The lowest BCUT2D eigenvalue weighted by Gasteiger charge is -2.35. The molecule has 0 unspecified atom stereocenters. The summed E-state index contributed by atoms with van der Waals surface area (Å²) in [5.41, 5.74) is 0.963. The number of hydrazine groups is 1. The van der Waals surface area contributed by atoms with E-state index in [1.54, 1.807) is 26.8 Å². The normalized spacial score (nSPS) is 11.3. The number of carbonyl (C=O) groups is 2. The van der Waals surface area contributed by atoms with E-state index in [4.69, 9.17) is 16.3 Å². The minimum atomic E-state index is -1.39. The van der Waals surface area contributed by atoms with Crippen molar-refractivity contribution in [2.45, 2.75) is 40.2 Å². The third-order valence-corrected chi connectivity index (χ3v) is 4.27. The molecule has 0 aromatic heterocycles. The van der Waals surface area contributed by atoms with Crippen LogP contribution in [0.3, 0.4) is 0 Å². The number of carbonyl (C=O) groups excluding carboxylic acids is 2. The molecule has 0 bridgehead atoms. The Morgan fingerprint density at radius 2 is 1.66 bits per heavy atom. The molecule has 2 aromatic carbocycles. The number of nitrogens with one attached hydrogen (secondary N) is 2. The van der Waals surface area contributed by atoms with E-state index < -0.39 is 40.6 Å². The summed E-state index contributed by atoms with van der Waals surface area (Å²) in [5.74, 6) is -3.88. The highest BCUT2D eigenvalue weighted by Gasteiger charge is 2.30. The second-order valence-corrected chi connectivity index (χ2v) is 8.94. The number of benzene rings is 2. The van der Waals surface area contributed by atoms with E-state index in [-0.39, 0.29) is 16.5 Å². The fourth-order valence-corrected chi connectivity index (χ4v) is 2.78. The first-order valence-corrected chi connectivity index (χ1v) is 10.2. The van der Waals surface area contributed by atoms with Crippen molar-refractivity contribution in [1.29, 1.82) is 0 Å². The topological polar surface area (TPSA) is 70.7 Å². The molecule has 2 aromatic rings. The first kappa shape index (κ1) is 25.3. The van der Waals surface area contributed by atoms with Crippen LogP contribution in [-0.4, -0.2) is 29.1 Å². The highest BCUT2D eigenvalue weighted by atomic mass is 35.5. The molecule has 10 heteroatoms. The van der Waals surface area contributed by atoms with E-state index in [0.29, 0.717) is 24.5 Å². The molecule has 0 heterocycles. The average molecular weight is 472 g/mol. The summed E-state index contributed by atoms with van der Waals surface area (Å²) >= 11 is 6.13. The highest BCUT2D eigenvalue weighted by Crippen LogP contribution is 2.25. The Hall–Kier alpha value is -2.94. The van der Waals surface area contributed by atoms with E-state index in [1.165, 1.54) is 12.1 Å². The Kier molecular flexibility index (Phi) is 8.01. The van der Waals surface area contributed by atoms with Crippen LogP contribution in [0, 0.1) is 23.4 Å². The van der Waals surface area contributed by atoms with Crippen molar-refractivity contribution >= 4 is 29.2 Å². The molecule has 0 saturated heterocycles. The summed E-state index contributed by atoms with van der Waals surface area (Å²) < 4.78 is 46.0. The monoisotopic (exact) mass is 471 g/mol. The predicted octanol–water partition coefficient (Wildman–Crippen LogP) is 5.77.